The first-order chi connectivity index (χ1) is 13.2. The van der Waals surface area contributed by atoms with Crippen LogP contribution in [0.1, 0.15) is 27.2 Å². The predicted molar refractivity (Wildman–Crippen MR) is 103 cm³/mol. The number of para-hydroxylation sites is 2. The molecule has 0 saturated carbocycles. The van der Waals surface area contributed by atoms with Crippen LogP contribution >= 0.6 is 0 Å². The molecule has 0 unspecified atom stereocenters. The molecule has 0 spiro atoms. The Morgan fingerprint density at radius 1 is 0.929 bits per heavy atom. The summed E-state index contributed by atoms with van der Waals surface area (Å²) in [6.45, 7) is 5.66. The Bertz CT molecular complexity index is 657. The second kappa shape index (κ2) is 11.7. The van der Waals surface area contributed by atoms with E-state index in [1.807, 2.05) is 6.07 Å². The van der Waals surface area contributed by atoms with Gasteiger partial charge in [-0.15, -0.1) is 0 Å². The third kappa shape index (κ3) is 10.2. The molecule has 9 nitrogen and oxygen atoms in total. The van der Waals surface area contributed by atoms with Crippen molar-refractivity contribution in [2.24, 2.45) is 0 Å². The lowest BCUT2D eigenvalue weighted by atomic mass is 10.2. The maximum Gasteiger partial charge on any atom is 0.408 e. The third-order valence-corrected chi connectivity index (χ3v) is 3.22. The van der Waals surface area contributed by atoms with Gasteiger partial charge in [0, 0.05) is 13.1 Å². The molecule has 1 aromatic rings. The summed E-state index contributed by atoms with van der Waals surface area (Å²) in [5.41, 5.74) is -0.617. The van der Waals surface area contributed by atoms with E-state index in [-0.39, 0.29) is 25.0 Å². The van der Waals surface area contributed by atoms with Crippen LogP contribution in [0, 0.1) is 0 Å². The van der Waals surface area contributed by atoms with Crippen LogP contribution in [0.15, 0.2) is 24.3 Å². The van der Waals surface area contributed by atoms with E-state index in [0.717, 1.165) is 0 Å². The Kier molecular flexibility index (Phi) is 9.63. The second-order valence-corrected chi connectivity index (χ2v) is 6.85. The highest BCUT2D eigenvalue weighted by molar-refractivity contribution is 5.82. The van der Waals surface area contributed by atoms with Crippen LogP contribution in [0.2, 0.25) is 0 Å². The van der Waals surface area contributed by atoms with Crippen LogP contribution < -0.4 is 25.4 Å². The van der Waals surface area contributed by atoms with Crippen LogP contribution in [0.3, 0.4) is 0 Å². The fourth-order valence-corrected chi connectivity index (χ4v) is 2.01. The summed E-state index contributed by atoms with van der Waals surface area (Å²) in [4.78, 5) is 34.8. The quantitative estimate of drug-likeness (QED) is 0.513. The zero-order chi connectivity index (χ0) is 21.0. The number of ether oxygens (including phenoxy) is 3. The summed E-state index contributed by atoms with van der Waals surface area (Å²) >= 11 is 0. The van der Waals surface area contributed by atoms with Gasteiger partial charge < -0.3 is 30.2 Å². The first-order valence-electron chi connectivity index (χ1n) is 8.97. The number of hydrogen-bond donors (Lipinski definition) is 3. The van der Waals surface area contributed by atoms with Gasteiger partial charge in [-0.3, -0.25) is 9.59 Å². The van der Waals surface area contributed by atoms with Gasteiger partial charge in [-0.25, -0.2) is 4.79 Å². The molecule has 1 aromatic carbocycles. The number of hydrogen-bond acceptors (Lipinski definition) is 6. The summed E-state index contributed by atoms with van der Waals surface area (Å²) in [6, 6.07) is 7.06. The Balaban J connectivity index is 2.11. The molecule has 0 aliphatic rings. The maximum absolute atomic E-state index is 11.8. The summed E-state index contributed by atoms with van der Waals surface area (Å²) in [6.07, 6.45) is -0.108. The van der Waals surface area contributed by atoms with Gasteiger partial charge in [-0.2, -0.15) is 0 Å². The molecule has 0 saturated heterocycles. The van der Waals surface area contributed by atoms with Crippen molar-refractivity contribution in [3.8, 4) is 11.5 Å². The van der Waals surface area contributed by atoms with Crippen LogP contribution in [0.4, 0.5) is 4.79 Å². The number of alkyl carbamates (subject to hydrolysis) is 1. The Morgan fingerprint density at radius 3 is 2.14 bits per heavy atom. The van der Waals surface area contributed by atoms with Gasteiger partial charge in [0.25, 0.3) is 5.91 Å². The lowest BCUT2D eigenvalue weighted by molar-refractivity contribution is -0.123. The molecule has 0 aliphatic carbocycles. The van der Waals surface area contributed by atoms with E-state index in [0.29, 0.717) is 31.0 Å². The van der Waals surface area contributed by atoms with Gasteiger partial charge in [-0.1, -0.05) is 12.1 Å². The van der Waals surface area contributed by atoms with Gasteiger partial charge >= 0.3 is 6.09 Å². The van der Waals surface area contributed by atoms with Crippen LogP contribution in [0.25, 0.3) is 0 Å². The van der Waals surface area contributed by atoms with Crippen molar-refractivity contribution in [2.75, 3.05) is 33.4 Å². The van der Waals surface area contributed by atoms with Gasteiger partial charge in [0.1, 0.15) is 5.60 Å². The van der Waals surface area contributed by atoms with E-state index in [1.165, 1.54) is 7.11 Å². The maximum atomic E-state index is 11.8. The molecular formula is C19H29N3O6. The zero-order valence-corrected chi connectivity index (χ0v) is 16.8. The molecule has 0 aromatic heterocycles. The Morgan fingerprint density at radius 2 is 1.54 bits per heavy atom. The number of carbonyl (C=O) groups is 3. The first-order valence-corrected chi connectivity index (χ1v) is 8.97. The molecule has 3 amide bonds. The molecule has 0 fully saturated rings. The molecule has 3 N–H and O–H groups in total. The number of nitrogens with one attached hydrogen (secondary N) is 3. The van der Waals surface area contributed by atoms with Crippen molar-refractivity contribution in [2.45, 2.75) is 32.8 Å². The highest BCUT2D eigenvalue weighted by Gasteiger charge is 2.16. The van der Waals surface area contributed by atoms with Crippen LogP contribution in [-0.4, -0.2) is 56.9 Å². The van der Waals surface area contributed by atoms with E-state index in [1.54, 1.807) is 39.0 Å². The molecule has 1 rings (SSSR count). The monoisotopic (exact) mass is 395 g/mol. The van der Waals surface area contributed by atoms with E-state index in [2.05, 4.69) is 16.0 Å². The van der Waals surface area contributed by atoms with Crippen molar-refractivity contribution in [3.63, 3.8) is 0 Å². The van der Waals surface area contributed by atoms with E-state index >= 15 is 0 Å². The largest absolute Gasteiger partial charge is 0.493 e. The molecule has 0 heterocycles. The summed E-state index contributed by atoms with van der Waals surface area (Å²) < 4.78 is 15.6. The molecule has 28 heavy (non-hydrogen) atoms. The fraction of sp³-hybridized carbons (Fsp3) is 0.526. The zero-order valence-electron chi connectivity index (χ0n) is 16.8. The highest BCUT2D eigenvalue weighted by atomic mass is 16.6. The molecular weight excluding hydrogens is 366 g/mol. The van der Waals surface area contributed by atoms with Gasteiger partial charge in [0.05, 0.1) is 13.7 Å². The SMILES string of the molecule is COc1ccccc1OCC(=O)NCCCNC(=O)CNC(=O)OC(C)(C)C. The first kappa shape index (κ1) is 23.1. The number of carbonyl (C=O) groups excluding carboxylic acids is 3. The smallest absolute Gasteiger partial charge is 0.408 e. The third-order valence-electron chi connectivity index (χ3n) is 3.22. The van der Waals surface area contributed by atoms with Crippen molar-refractivity contribution < 1.29 is 28.6 Å². The normalized spacial score (nSPS) is 10.6. The van der Waals surface area contributed by atoms with Gasteiger partial charge in [-0.05, 0) is 39.3 Å². The van der Waals surface area contributed by atoms with E-state index in [4.69, 9.17) is 14.2 Å². The molecule has 0 aliphatic heterocycles. The molecule has 156 valence electrons. The van der Waals surface area contributed by atoms with Crippen LogP contribution in [0.5, 0.6) is 11.5 Å². The molecule has 0 atom stereocenters. The Hall–Kier alpha value is -2.97. The standard InChI is InChI=1S/C19H29N3O6/c1-19(2,3)28-18(25)22-12-16(23)20-10-7-11-21-17(24)13-27-15-9-6-5-8-14(15)26-4/h5-6,8-9H,7,10-13H2,1-4H3,(H,20,23)(H,21,24)(H,22,25). The molecule has 0 radical (unpaired) electrons. The number of benzene rings is 1. The summed E-state index contributed by atoms with van der Waals surface area (Å²) in [5, 5.41) is 7.70. The minimum atomic E-state index is -0.648. The minimum absolute atomic E-state index is 0.132. The number of rotatable bonds is 10. The van der Waals surface area contributed by atoms with Crippen LogP contribution in [-0.2, 0) is 14.3 Å². The van der Waals surface area contributed by atoms with Gasteiger partial charge in [0.2, 0.25) is 5.91 Å². The van der Waals surface area contributed by atoms with E-state index < -0.39 is 11.7 Å². The fourth-order valence-electron chi connectivity index (χ4n) is 2.01. The van der Waals surface area contributed by atoms with Crippen molar-refractivity contribution in [3.05, 3.63) is 24.3 Å². The lowest BCUT2D eigenvalue weighted by Gasteiger charge is -2.19. The van der Waals surface area contributed by atoms with Crippen molar-refractivity contribution >= 4 is 17.9 Å². The minimum Gasteiger partial charge on any atom is -0.493 e. The van der Waals surface area contributed by atoms with E-state index in [9.17, 15) is 14.4 Å². The number of methoxy groups -OCH3 is 1. The van der Waals surface area contributed by atoms with Gasteiger partial charge in [0.15, 0.2) is 18.1 Å². The lowest BCUT2D eigenvalue weighted by Crippen LogP contribution is -2.40. The summed E-state index contributed by atoms with van der Waals surface area (Å²) in [5.74, 6) is 0.434. The molecule has 9 heteroatoms. The highest BCUT2D eigenvalue weighted by Crippen LogP contribution is 2.25. The average molecular weight is 395 g/mol. The molecule has 0 bridgehead atoms. The second-order valence-electron chi connectivity index (χ2n) is 6.85. The van der Waals surface area contributed by atoms with Crippen molar-refractivity contribution in [1.29, 1.82) is 0 Å². The predicted octanol–water partition coefficient (Wildman–Crippen LogP) is 1.22. The van der Waals surface area contributed by atoms with Crippen molar-refractivity contribution in [1.82, 2.24) is 16.0 Å². The Labute approximate surface area is 165 Å². The average Bonchev–Trinajstić information content (AvgIpc) is 2.63. The summed E-state index contributed by atoms with van der Waals surface area (Å²) in [7, 11) is 1.53. The number of amides is 3. The topological polar surface area (TPSA) is 115 Å².